The van der Waals surface area contributed by atoms with Gasteiger partial charge in [0.15, 0.2) is 0 Å². The molecular formula is C19H24N4O5. The molecule has 1 aromatic heterocycles. The maximum Gasteiger partial charge on any atom is 0.341 e. The molecule has 2 aromatic rings. The molecule has 0 aliphatic rings. The first-order chi connectivity index (χ1) is 13.2. The highest BCUT2D eigenvalue weighted by atomic mass is 16.4. The third kappa shape index (κ3) is 5.40. The van der Waals surface area contributed by atoms with Crippen LogP contribution in [0.2, 0.25) is 0 Å². The minimum atomic E-state index is -0.866. The molecule has 0 aliphatic heterocycles. The van der Waals surface area contributed by atoms with E-state index in [0.717, 1.165) is 5.39 Å². The van der Waals surface area contributed by atoms with Crippen molar-refractivity contribution in [3.8, 4) is 0 Å². The van der Waals surface area contributed by atoms with Crippen LogP contribution in [-0.4, -0.2) is 35.8 Å². The molecular weight excluding hydrogens is 364 g/mol. The van der Waals surface area contributed by atoms with Crippen molar-refractivity contribution in [2.24, 2.45) is 5.73 Å². The minimum absolute atomic E-state index is 0.0385. The van der Waals surface area contributed by atoms with E-state index in [2.05, 4.69) is 16.0 Å². The van der Waals surface area contributed by atoms with E-state index in [-0.39, 0.29) is 6.54 Å². The van der Waals surface area contributed by atoms with Gasteiger partial charge in [0, 0.05) is 5.39 Å². The third-order valence-corrected chi connectivity index (χ3v) is 4.08. The van der Waals surface area contributed by atoms with Crippen molar-refractivity contribution in [3.05, 3.63) is 46.3 Å². The first-order valence-corrected chi connectivity index (χ1v) is 8.85. The number of benzene rings is 1. The van der Waals surface area contributed by atoms with Crippen LogP contribution in [-0.2, 0) is 20.9 Å². The van der Waals surface area contributed by atoms with Crippen molar-refractivity contribution >= 4 is 28.7 Å². The first-order valence-electron chi connectivity index (χ1n) is 8.85. The van der Waals surface area contributed by atoms with Crippen LogP contribution in [0, 0.1) is 0 Å². The van der Waals surface area contributed by atoms with Crippen LogP contribution in [0.3, 0.4) is 0 Å². The molecule has 0 bridgehead atoms. The molecule has 28 heavy (non-hydrogen) atoms. The number of hydrogen-bond donors (Lipinski definition) is 4. The Balaban J connectivity index is 1.92. The van der Waals surface area contributed by atoms with E-state index in [1.807, 2.05) is 6.07 Å². The van der Waals surface area contributed by atoms with Crippen molar-refractivity contribution < 1.29 is 18.8 Å². The van der Waals surface area contributed by atoms with Crippen molar-refractivity contribution in [2.75, 3.05) is 0 Å². The zero-order valence-electron chi connectivity index (χ0n) is 15.9. The Kier molecular flexibility index (Phi) is 6.89. The van der Waals surface area contributed by atoms with E-state index < -0.39 is 41.5 Å². The lowest BCUT2D eigenvalue weighted by Crippen LogP contribution is -2.53. The van der Waals surface area contributed by atoms with Gasteiger partial charge in [0.2, 0.25) is 17.7 Å². The number of nitrogens with two attached hydrogens (primary N) is 1. The van der Waals surface area contributed by atoms with Gasteiger partial charge in [0.25, 0.3) is 0 Å². The molecule has 9 heteroatoms. The number of rotatable bonds is 7. The van der Waals surface area contributed by atoms with Crippen LogP contribution in [0.5, 0.6) is 0 Å². The van der Waals surface area contributed by atoms with Crippen LogP contribution in [0.4, 0.5) is 0 Å². The van der Waals surface area contributed by atoms with E-state index in [4.69, 9.17) is 10.2 Å². The molecule has 2 rings (SSSR count). The number of fused-ring (bicyclic) bond motifs is 1. The fourth-order valence-electron chi connectivity index (χ4n) is 2.38. The molecule has 5 N–H and O–H groups in total. The number of carbonyl (C=O) groups is 3. The van der Waals surface area contributed by atoms with Gasteiger partial charge < -0.3 is 26.1 Å². The smallest absolute Gasteiger partial charge is 0.341 e. The van der Waals surface area contributed by atoms with E-state index in [9.17, 15) is 19.2 Å². The Hall–Kier alpha value is -3.20. The fraction of sp³-hybridized carbons (Fsp3) is 0.368. The molecule has 150 valence electrons. The third-order valence-electron chi connectivity index (χ3n) is 4.08. The zero-order valence-corrected chi connectivity index (χ0v) is 15.9. The average Bonchev–Trinajstić information content (AvgIpc) is 2.65. The summed E-state index contributed by atoms with van der Waals surface area (Å²) in [6.45, 7) is 4.44. The average molecular weight is 388 g/mol. The highest BCUT2D eigenvalue weighted by Crippen LogP contribution is 2.12. The van der Waals surface area contributed by atoms with Gasteiger partial charge in [-0.15, -0.1) is 0 Å². The maximum absolute atomic E-state index is 12.2. The normalized spacial score (nSPS) is 14.0. The number of carbonyl (C=O) groups excluding carboxylic acids is 3. The van der Waals surface area contributed by atoms with Gasteiger partial charge >= 0.3 is 5.63 Å². The maximum atomic E-state index is 12.2. The van der Waals surface area contributed by atoms with E-state index in [1.54, 1.807) is 24.3 Å². The second kappa shape index (κ2) is 9.14. The second-order valence-electron chi connectivity index (χ2n) is 6.56. The van der Waals surface area contributed by atoms with Crippen molar-refractivity contribution in [1.82, 2.24) is 16.0 Å². The predicted octanol–water partition coefficient (Wildman–Crippen LogP) is -0.234. The number of nitrogens with one attached hydrogen (secondary N) is 3. The lowest BCUT2D eigenvalue weighted by atomic mass is 10.2. The summed E-state index contributed by atoms with van der Waals surface area (Å²) < 4.78 is 5.21. The summed E-state index contributed by atoms with van der Waals surface area (Å²) in [6, 6.07) is 6.24. The molecule has 0 saturated heterocycles. The van der Waals surface area contributed by atoms with Gasteiger partial charge in [-0.25, -0.2) is 4.79 Å². The molecule has 9 nitrogen and oxygen atoms in total. The minimum Gasteiger partial charge on any atom is -0.422 e. The van der Waals surface area contributed by atoms with Gasteiger partial charge in [0.05, 0.1) is 18.2 Å². The van der Waals surface area contributed by atoms with Crippen LogP contribution < -0.4 is 27.3 Å². The SMILES string of the molecule is C[C@H](N)C(=O)N[C@@H](C)C(=O)N[C@@H](C)C(=O)NCc1cc2ccccc2oc1=O. The monoisotopic (exact) mass is 388 g/mol. The zero-order chi connectivity index (χ0) is 20.8. The largest absolute Gasteiger partial charge is 0.422 e. The summed E-state index contributed by atoms with van der Waals surface area (Å²) in [5.41, 5.74) is 5.65. The highest BCUT2D eigenvalue weighted by Gasteiger charge is 2.22. The number of hydrogen-bond acceptors (Lipinski definition) is 6. The Labute approximate surface area is 161 Å². The molecule has 0 aliphatic carbocycles. The van der Waals surface area contributed by atoms with E-state index >= 15 is 0 Å². The van der Waals surface area contributed by atoms with Gasteiger partial charge in [-0.05, 0) is 32.9 Å². The summed E-state index contributed by atoms with van der Waals surface area (Å²) in [5, 5.41) is 8.27. The summed E-state index contributed by atoms with van der Waals surface area (Å²) in [5.74, 6) is -1.48. The lowest BCUT2D eigenvalue weighted by Gasteiger charge is -2.19. The van der Waals surface area contributed by atoms with Crippen LogP contribution in [0.15, 0.2) is 39.5 Å². The summed E-state index contributed by atoms with van der Waals surface area (Å²) in [7, 11) is 0. The Morgan fingerprint density at radius 1 is 1.00 bits per heavy atom. The highest BCUT2D eigenvalue weighted by molar-refractivity contribution is 5.92. The lowest BCUT2D eigenvalue weighted by molar-refractivity contribution is -0.131. The van der Waals surface area contributed by atoms with E-state index in [1.165, 1.54) is 20.8 Å². The van der Waals surface area contributed by atoms with Crippen LogP contribution in [0.25, 0.3) is 11.0 Å². The summed E-state index contributed by atoms with van der Waals surface area (Å²) in [6.07, 6.45) is 0. The molecule has 0 saturated carbocycles. The van der Waals surface area contributed by atoms with Crippen molar-refractivity contribution in [3.63, 3.8) is 0 Å². The predicted molar refractivity (Wildman–Crippen MR) is 103 cm³/mol. The molecule has 1 heterocycles. The quantitative estimate of drug-likeness (QED) is 0.482. The Bertz CT molecular complexity index is 937. The Morgan fingerprint density at radius 3 is 2.29 bits per heavy atom. The van der Waals surface area contributed by atoms with E-state index in [0.29, 0.717) is 11.1 Å². The molecule has 3 amide bonds. The van der Waals surface area contributed by atoms with Gasteiger partial charge in [-0.2, -0.15) is 0 Å². The standard InChI is InChI=1S/C19H24N4O5/c1-10(20)16(24)22-12(3)18(26)23-11(2)17(25)21-9-14-8-13-6-4-5-7-15(13)28-19(14)27/h4-8,10-12H,9,20H2,1-3H3,(H,21,25)(H,22,24)(H,23,26)/t10-,11-,12-/m0/s1. The molecule has 3 atom stereocenters. The molecule has 1 aromatic carbocycles. The van der Waals surface area contributed by atoms with Crippen molar-refractivity contribution in [2.45, 2.75) is 45.4 Å². The molecule has 0 spiro atoms. The molecule has 0 unspecified atom stereocenters. The topological polar surface area (TPSA) is 144 Å². The number of para-hydroxylation sites is 1. The van der Waals surface area contributed by atoms with Gasteiger partial charge in [-0.1, -0.05) is 18.2 Å². The van der Waals surface area contributed by atoms with Crippen LogP contribution in [0.1, 0.15) is 26.3 Å². The molecule has 0 fully saturated rings. The second-order valence-corrected chi connectivity index (χ2v) is 6.56. The number of amides is 3. The van der Waals surface area contributed by atoms with Gasteiger partial charge in [-0.3, -0.25) is 14.4 Å². The summed E-state index contributed by atoms with van der Waals surface area (Å²) in [4.78, 5) is 47.8. The summed E-state index contributed by atoms with van der Waals surface area (Å²) >= 11 is 0. The van der Waals surface area contributed by atoms with Crippen molar-refractivity contribution in [1.29, 1.82) is 0 Å². The molecule has 0 radical (unpaired) electrons. The first kappa shape index (κ1) is 21.1. The van der Waals surface area contributed by atoms with Crippen LogP contribution >= 0.6 is 0 Å². The fourth-order valence-corrected chi connectivity index (χ4v) is 2.38. The Morgan fingerprint density at radius 2 is 1.61 bits per heavy atom. The van der Waals surface area contributed by atoms with Gasteiger partial charge in [0.1, 0.15) is 17.7 Å².